The lowest BCUT2D eigenvalue weighted by molar-refractivity contribution is 0.0704. The third kappa shape index (κ3) is 6.91. The van der Waals surface area contributed by atoms with E-state index in [0.29, 0.717) is 11.5 Å². The van der Waals surface area contributed by atoms with Crippen molar-refractivity contribution in [1.82, 2.24) is 5.32 Å². The summed E-state index contributed by atoms with van der Waals surface area (Å²) in [7, 11) is 0. The van der Waals surface area contributed by atoms with E-state index in [9.17, 15) is 0 Å². The Hall–Kier alpha value is -0.0800. The second-order valence-corrected chi connectivity index (χ2v) is 5.89. The number of hydrogen-bond acceptors (Lipinski definition) is 2. The Labute approximate surface area is 94.8 Å². The lowest BCUT2D eigenvalue weighted by Gasteiger charge is -2.23. The zero-order valence-corrected chi connectivity index (χ0v) is 10.6. The molecule has 1 rings (SSSR count). The molecular weight excluding hydrogens is 186 g/mol. The maximum absolute atomic E-state index is 5.43. The molecule has 1 atom stereocenters. The molecule has 1 saturated heterocycles. The van der Waals surface area contributed by atoms with Crippen LogP contribution in [0.4, 0.5) is 0 Å². The predicted molar refractivity (Wildman–Crippen MR) is 65.1 cm³/mol. The van der Waals surface area contributed by atoms with Crippen LogP contribution in [0, 0.1) is 5.41 Å². The normalized spacial score (nSPS) is 23.0. The number of rotatable bonds is 5. The van der Waals surface area contributed by atoms with Crippen molar-refractivity contribution < 1.29 is 4.74 Å². The molecule has 2 heteroatoms. The van der Waals surface area contributed by atoms with Crippen LogP contribution in [0.1, 0.15) is 52.9 Å². The smallest absolute Gasteiger partial charge is 0.0619 e. The standard InChI is InChI=1S/C13H27NO/c1-13(2,3)8-4-5-9-14-12-7-6-10-15-11-12/h12,14H,4-11H2,1-3H3. The summed E-state index contributed by atoms with van der Waals surface area (Å²) < 4.78 is 5.43. The lowest BCUT2D eigenvalue weighted by Crippen LogP contribution is -2.37. The molecule has 0 spiro atoms. The molecule has 0 aromatic rings. The van der Waals surface area contributed by atoms with Crippen molar-refractivity contribution in [2.24, 2.45) is 5.41 Å². The summed E-state index contributed by atoms with van der Waals surface area (Å²) in [4.78, 5) is 0. The van der Waals surface area contributed by atoms with E-state index in [-0.39, 0.29) is 0 Å². The first kappa shape index (κ1) is 13.0. The topological polar surface area (TPSA) is 21.3 Å². The third-order valence-electron chi connectivity index (χ3n) is 2.95. The fourth-order valence-electron chi connectivity index (χ4n) is 1.99. The van der Waals surface area contributed by atoms with Gasteiger partial charge in [-0.15, -0.1) is 0 Å². The van der Waals surface area contributed by atoms with Crippen LogP contribution in [0.3, 0.4) is 0 Å². The van der Waals surface area contributed by atoms with E-state index >= 15 is 0 Å². The molecule has 0 radical (unpaired) electrons. The van der Waals surface area contributed by atoms with Gasteiger partial charge in [0, 0.05) is 12.6 Å². The first-order chi connectivity index (χ1) is 7.08. The van der Waals surface area contributed by atoms with Crippen LogP contribution in [-0.2, 0) is 4.74 Å². The highest BCUT2D eigenvalue weighted by atomic mass is 16.5. The van der Waals surface area contributed by atoms with Crippen molar-refractivity contribution >= 4 is 0 Å². The van der Waals surface area contributed by atoms with Gasteiger partial charge in [0.05, 0.1) is 6.61 Å². The average molecular weight is 213 g/mol. The fraction of sp³-hybridized carbons (Fsp3) is 1.00. The molecule has 0 saturated carbocycles. The Morgan fingerprint density at radius 3 is 2.67 bits per heavy atom. The Bertz CT molecular complexity index is 156. The highest BCUT2D eigenvalue weighted by Gasteiger charge is 2.13. The van der Waals surface area contributed by atoms with Gasteiger partial charge in [0.25, 0.3) is 0 Å². The Kier molecular flexibility index (Phi) is 5.62. The molecule has 0 aliphatic carbocycles. The monoisotopic (exact) mass is 213 g/mol. The first-order valence-electron chi connectivity index (χ1n) is 6.39. The zero-order valence-electron chi connectivity index (χ0n) is 10.6. The molecule has 1 aliphatic rings. The van der Waals surface area contributed by atoms with Gasteiger partial charge in [0.1, 0.15) is 0 Å². The zero-order chi connectivity index (χ0) is 11.1. The summed E-state index contributed by atoms with van der Waals surface area (Å²) in [5.74, 6) is 0. The van der Waals surface area contributed by atoms with Crippen molar-refractivity contribution in [3.8, 4) is 0 Å². The Balaban J connectivity index is 1.92. The quantitative estimate of drug-likeness (QED) is 0.709. The van der Waals surface area contributed by atoms with E-state index in [2.05, 4.69) is 26.1 Å². The molecule has 0 aromatic carbocycles. The van der Waals surface area contributed by atoms with Crippen LogP contribution in [0.2, 0.25) is 0 Å². The van der Waals surface area contributed by atoms with Crippen LogP contribution < -0.4 is 5.32 Å². The lowest BCUT2D eigenvalue weighted by atomic mass is 9.90. The van der Waals surface area contributed by atoms with E-state index in [0.717, 1.165) is 19.8 Å². The minimum Gasteiger partial charge on any atom is -0.380 e. The van der Waals surface area contributed by atoms with Crippen LogP contribution in [0.25, 0.3) is 0 Å². The molecule has 1 heterocycles. The molecule has 0 amide bonds. The van der Waals surface area contributed by atoms with E-state index in [1.54, 1.807) is 0 Å². The summed E-state index contributed by atoms with van der Waals surface area (Å²) in [5.41, 5.74) is 0.494. The van der Waals surface area contributed by atoms with Crippen LogP contribution >= 0.6 is 0 Å². The summed E-state index contributed by atoms with van der Waals surface area (Å²) in [6.45, 7) is 9.98. The van der Waals surface area contributed by atoms with Gasteiger partial charge >= 0.3 is 0 Å². The highest BCUT2D eigenvalue weighted by molar-refractivity contribution is 4.70. The van der Waals surface area contributed by atoms with Gasteiger partial charge < -0.3 is 10.1 Å². The SMILES string of the molecule is CC(C)(C)CCCCNC1CCCOC1. The van der Waals surface area contributed by atoms with Gasteiger partial charge in [-0.1, -0.05) is 27.2 Å². The first-order valence-corrected chi connectivity index (χ1v) is 6.39. The summed E-state index contributed by atoms with van der Waals surface area (Å²) in [6, 6.07) is 0.619. The van der Waals surface area contributed by atoms with Gasteiger partial charge in [-0.3, -0.25) is 0 Å². The summed E-state index contributed by atoms with van der Waals surface area (Å²) in [5, 5.41) is 3.58. The minimum atomic E-state index is 0.494. The Morgan fingerprint density at radius 1 is 1.27 bits per heavy atom. The molecule has 1 unspecified atom stereocenters. The van der Waals surface area contributed by atoms with Gasteiger partial charge in [0.15, 0.2) is 0 Å². The molecule has 1 aliphatic heterocycles. The number of unbranched alkanes of at least 4 members (excludes halogenated alkanes) is 1. The van der Waals surface area contributed by atoms with Crippen molar-refractivity contribution in [1.29, 1.82) is 0 Å². The van der Waals surface area contributed by atoms with Gasteiger partial charge in [-0.25, -0.2) is 0 Å². The van der Waals surface area contributed by atoms with Crippen LogP contribution in [-0.4, -0.2) is 25.8 Å². The molecule has 90 valence electrons. The van der Waals surface area contributed by atoms with E-state index < -0.39 is 0 Å². The van der Waals surface area contributed by atoms with Crippen molar-refractivity contribution in [3.05, 3.63) is 0 Å². The van der Waals surface area contributed by atoms with E-state index in [1.807, 2.05) is 0 Å². The predicted octanol–water partition coefficient (Wildman–Crippen LogP) is 2.97. The van der Waals surface area contributed by atoms with Gasteiger partial charge in [0.2, 0.25) is 0 Å². The van der Waals surface area contributed by atoms with Crippen molar-refractivity contribution in [2.75, 3.05) is 19.8 Å². The van der Waals surface area contributed by atoms with E-state index in [4.69, 9.17) is 4.74 Å². The van der Waals surface area contributed by atoms with Crippen LogP contribution in [0.5, 0.6) is 0 Å². The molecule has 0 bridgehead atoms. The Morgan fingerprint density at radius 2 is 2.07 bits per heavy atom. The molecular formula is C13H27NO. The summed E-state index contributed by atoms with van der Waals surface area (Å²) >= 11 is 0. The van der Waals surface area contributed by atoms with Crippen LogP contribution in [0.15, 0.2) is 0 Å². The average Bonchev–Trinajstić information content (AvgIpc) is 2.17. The molecule has 15 heavy (non-hydrogen) atoms. The second kappa shape index (κ2) is 6.49. The third-order valence-corrected chi connectivity index (χ3v) is 2.95. The minimum absolute atomic E-state index is 0.494. The number of hydrogen-bond donors (Lipinski definition) is 1. The van der Waals surface area contributed by atoms with Gasteiger partial charge in [-0.2, -0.15) is 0 Å². The van der Waals surface area contributed by atoms with E-state index in [1.165, 1.54) is 32.1 Å². The van der Waals surface area contributed by atoms with Crippen molar-refractivity contribution in [2.45, 2.75) is 58.9 Å². The fourth-order valence-corrected chi connectivity index (χ4v) is 1.99. The molecule has 1 N–H and O–H groups in total. The van der Waals surface area contributed by atoms with Crippen molar-refractivity contribution in [3.63, 3.8) is 0 Å². The highest BCUT2D eigenvalue weighted by Crippen LogP contribution is 2.21. The molecule has 2 nitrogen and oxygen atoms in total. The maximum atomic E-state index is 5.43. The molecule has 1 fully saturated rings. The largest absolute Gasteiger partial charge is 0.380 e. The van der Waals surface area contributed by atoms with Gasteiger partial charge in [-0.05, 0) is 37.6 Å². The molecule has 0 aromatic heterocycles. The second-order valence-electron chi connectivity index (χ2n) is 5.89. The maximum Gasteiger partial charge on any atom is 0.0619 e. The summed E-state index contributed by atoms with van der Waals surface area (Å²) in [6.07, 6.45) is 6.48. The number of nitrogens with one attached hydrogen (secondary N) is 1. The number of ether oxygens (including phenoxy) is 1.